The van der Waals surface area contributed by atoms with E-state index in [9.17, 15) is 4.79 Å². The number of carbonyl (C=O) groups excluding carboxylic acids is 1. The van der Waals surface area contributed by atoms with Crippen LogP contribution < -0.4 is 14.8 Å². The van der Waals surface area contributed by atoms with Crippen molar-refractivity contribution in [2.75, 3.05) is 18.5 Å². The molecule has 1 N–H and O–H groups in total. The molecule has 0 radical (unpaired) electrons. The van der Waals surface area contributed by atoms with Gasteiger partial charge in [0.25, 0.3) is 5.91 Å². The van der Waals surface area contributed by atoms with Crippen molar-refractivity contribution in [2.45, 2.75) is 6.92 Å². The third-order valence-electron chi connectivity index (χ3n) is 3.86. The second-order valence-electron chi connectivity index (χ2n) is 5.73. The number of nitrogens with one attached hydrogen (secondary N) is 1. The maximum atomic E-state index is 12.7. The lowest BCUT2D eigenvalue weighted by Gasteiger charge is -2.19. The van der Waals surface area contributed by atoms with E-state index >= 15 is 0 Å². The molecule has 4 rings (SSSR count). The number of nitrogens with zero attached hydrogens (tertiary/aromatic N) is 2. The molecule has 6 heteroatoms. The number of hydrogen-bond acceptors (Lipinski definition) is 4. The number of benzene rings is 2. The molecule has 3 aromatic rings. The Balaban J connectivity index is 1.62. The van der Waals surface area contributed by atoms with E-state index in [4.69, 9.17) is 9.47 Å². The average Bonchev–Trinajstić information content (AvgIpc) is 3.04. The Hall–Kier alpha value is -3.28. The maximum Gasteiger partial charge on any atom is 0.274 e. The van der Waals surface area contributed by atoms with E-state index in [2.05, 4.69) is 10.4 Å². The van der Waals surface area contributed by atoms with Crippen molar-refractivity contribution in [3.8, 4) is 17.2 Å². The van der Waals surface area contributed by atoms with Crippen LogP contribution >= 0.6 is 0 Å². The minimum atomic E-state index is -0.235. The zero-order valence-corrected chi connectivity index (χ0v) is 13.7. The summed E-state index contributed by atoms with van der Waals surface area (Å²) in [5, 5.41) is 7.32. The number of amides is 1. The van der Waals surface area contributed by atoms with Crippen molar-refractivity contribution in [1.82, 2.24) is 9.78 Å². The van der Waals surface area contributed by atoms with Crippen molar-refractivity contribution in [3.63, 3.8) is 0 Å². The largest absolute Gasteiger partial charge is 0.486 e. The van der Waals surface area contributed by atoms with Crippen molar-refractivity contribution in [2.24, 2.45) is 0 Å². The molecular weight excluding hydrogens is 318 g/mol. The monoisotopic (exact) mass is 335 g/mol. The molecule has 126 valence electrons. The van der Waals surface area contributed by atoms with Crippen LogP contribution in [0.25, 0.3) is 5.69 Å². The molecule has 0 saturated carbocycles. The molecule has 1 amide bonds. The fraction of sp³-hybridized carbons (Fsp3) is 0.158. The van der Waals surface area contributed by atoms with Crippen LogP contribution in [0.4, 0.5) is 5.69 Å². The van der Waals surface area contributed by atoms with Gasteiger partial charge in [0.05, 0.1) is 11.4 Å². The van der Waals surface area contributed by atoms with Gasteiger partial charge in [0.15, 0.2) is 11.5 Å². The number of carbonyl (C=O) groups is 1. The summed E-state index contributed by atoms with van der Waals surface area (Å²) in [7, 11) is 0. The lowest BCUT2D eigenvalue weighted by atomic mass is 10.2. The predicted molar refractivity (Wildman–Crippen MR) is 93.7 cm³/mol. The van der Waals surface area contributed by atoms with Crippen LogP contribution in [0, 0.1) is 6.92 Å². The highest BCUT2D eigenvalue weighted by atomic mass is 16.6. The number of anilines is 1. The zero-order valence-electron chi connectivity index (χ0n) is 13.7. The Labute approximate surface area is 145 Å². The molecular formula is C19H17N3O3. The fourth-order valence-corrected chi connectivity index (χ4v) is 2.74. The zero-order chi connectivity index (χ0) is 17.2. The maximum absolute atomic E-state index is 12.7. The summed E-state index contributed by atoms with van der Waals surface area (Å²) < 4.78 is 12.7. The van der Waals surface area contributed by atoms with Crippen LogP contribution in [0.5, 0.6) is 11.5 Å². The number of aryl methyl sites for hydroxylation is 1. The molecule has 0 bridgehead atoms. The predicted octanol–water partition coefficient (Wildman–Crippen LogP) is 3.20. The SMILES string of the molecule is Cc1cc(C(=O)Nc2ccc3c(c2)OCCO3)n(-c2ccccc2)n1. The first-order valence-corrected chi connectivity index (χ1v) is 8.04. The van der Waals surface area contributed by atoms with Crippen molar-refractivity contribution < 1.29 is 14.3 Å². The van der Waals surface area contributed by atoms with E-state index in [1.165, 1.54) is 0 Å². The summed E-state index contributed by atoms with van der Waals surface area (Å²) in [5.74, 6) is 1.09. The minimum absolute atomic E-state index is 0.235. The highest BCUT2D eigenvalue weighted by molar-refractivity contribution is 6.03. The van der Waals surface area contributed by atoms with Crippen LogP contribution in [-0.4, -0.2) is 28.9 Å². The molecule has 0 spiro atoms. The van der Waals surface area contributed by atoms with Gasteiger partial charge in [0.2, 0.25) is 0 Å². The molecule has 2 heterocycles. The van der Waals surface area contributed by atoms with Crippen molar-refractivity contribution >= 4 is 11.6 Å². The molecule has 0 atom stereocenters. The third kappa shape index (κ3) is 3.06. The lowest BCUT2D eigenvalue weighted by Crippen LogP contribution is -2.18. The topological polar surface area (TPSA) is 65.4 Å². The first-order chi connectivity index (χ1) is 12.2. The quantitative estimate of drug-likeness (QED) is 0.798. The second kappa shape index (κ2) is 6.32. The molecule has 1 aliphatic rings. The normalized spacial score (nSPS) is 12.7. The van der Waals surface area contributed by atoms with E-state index in [0.29, 0.717) is 36.1 Å². The molecule has 0 fully saturated rings. The molecule has 0 aliphatic carbocycles. The van der Waals surface area contributed by atoms with Crippen LogP contribution in [-0.2, 0) is 0 Å². The van der Waals surface area contributed by atoms with Crippen molar-refractivity contribution in [1.29, 1.82) is 0 Å². The Morgan fingerprint density at radius 1 is 1.04 bits per heavy atom. The Bertz CT molecular complexity index is 919. The van der Waals surface area contributed by atoms with Crippen LogP contribution in [0.15, 0.2) is 54.6 Å². The Morgan fingerprint density at radius 3 is 2.60 bits per heavy atom. The standard InChI is InChI=1S/C19H17N3O3/c1-13-11-16(22(21-13)15-5-3-2-4-6-15)19(23)20-14-7-8-17-18(12-14)25-10-9-24-17/h2-8,11-12H,9-10H2,1H3,(H,20,23). The summed E-state index contributed by atoms with van der Waals surface area (Å²) in [6.07, 6.45) is 0. The smallest absolute Gasteiger partial charge is 0.274 e. The number of ether oxygens (including phenoxy) is 2. The van der Waals surface area contributed by atoms with Gasteiger partial charge in [-0.25, -0.2) is 4.68 Å². The van der Waals surface area contributed by atoms with Gasteiger partial charge in [0.1, 0.15) is 18.9 Å². The summed E-state index contributed by atoms with van der Waals surface area (Å²) >= 11 is 0. The van der Waals surface area contributed by atoms with Gasteiger partial charge in [-0.05, 0) is 37.3 Å². The van der Waals surface area contributed by atoms with E-state index < -0.39 is 0 Å². The Kier molecular flexibility index (Phi) is 3.85. The van der Waals surface area contributed by atoms with E-state index in [-0.39, 0.29) is 5.91 Å². The second-order valence-corrected chi connectivity index (χ2v) is 5.73. The first-order valence-electron chi connectivity index (χ1n) is 8.04. The first kappa shape index (κ1) is 15.3. The molecule has 0 saturated heterocycles. The minimum Gasteiger partial charge on any atom is -0.486 e. The van der Waals surface area contributed by atoms with Gasteiger partial charge in [-0.15, -0.1) is 0 Å². The molecule has 1 aliphatic heterocycles. The van der Waals surface area contributed by atoms with E-state index in [1.54, 1.807) is 28.9 Å². The number of para-hydroxylation sites is 1. The van der Waals surface area contributed by atoms with Crippen LogP contribution in [0.3, 0.4) is 0 Å². The average molecular weight is 335 g/mol. The molecule has 6 nitrogen and oxygen atoms in total. The number of aromatic nitrogens is 2. The van der Waals surface area contributed by atoms with Crippen molar-refractivity contribution in [3.05, 3.63) is 66.0 Å². The van der Waals surface area contributed by atoms with Gasteiger partial charge in [-0.2, -0.15) is 5.10 Å². The van der Waals surface area contributed by atoms with Gasteiger partial charge < -0.3 is 14.8 Å². The van der Waals surface area contributed by atoms with Crippen LogP contribution in [0.1, 0.15) is 16.2 Å². The third-order valence-corrected chi connectivity index (χ3v) is 3.86. The number of rotatable bonds is 3. The molecule has 2 aromatic carbocycles. The summed E-state index contributed by atoms with van der Waals surface area (Å²) in [6.45, 7) is 2.90. The summed E-state index contributed by atoms with van der Waals surface area (Å²) in [5.41, 5.74) is 2.73. The van der Waals surface area contributed by atoms with Gasteiger partial charge >= 0.3 is 0 Å². The van der Waals surface area contributed by atoms with E-state index in [0.717, 1.165) is 11.4 Å². The van der Waals surface area contributed by atoms with E-state index in [1.807, 2.05) is 37.3 Å². The van der Waals surface area contributed by atoms with Gasteiger partial charge in [-0.1, -0.05) is 18.2 Å². The van der Waals surface area contributed by atoms with Crippen LogP contribution in [0.2, 0.25) is 0 Å². The van der Waals surface area contributed by atoms with Gasteiger partial charge in [-0.3, -0.25) is 4.79 Å². The lowest BCUT2D eigenvalue weighted by molar-refractivity contribution is 0.101. The summed E-state index contributed by atoms with van der Waals surface area (Å²) in [6, 6.07) is 16.7. The molecule has 0 unspecified atom stereocenters. The fourth-order valence-electron chi connectivity index (χ4n) is 2.74. The number of fused-ring (bicyclic) bond motifs is 1. The number of hydrogen-bond donors (Lipinski definition) is 1. The molecule has 25 heavy (non-hydrogen) atoms. The Morgan fingerprint density at radius 2 is 1.80 bits per heavy atom. The summed E-state index contributed by atoms with van der Waals surface area (Å²) in [4.78, 5) is 12.7. The van der Waals surface area contributed by atoms with Gasteiger partial charge in [0, 0.05) is 11.8 Å². The molecule has 1 aromatic heterocycles. The highest BCUT2D eigenvalue weighted by Crippen LogP contribution is 2.32. The highest BCUT2D eigenvalue weighted by Gasteiger charge is 2.17.